The number of carbonyl (C=O) groups excluding carboxylic acids is 2. The third-order valence-electron chi connectivity index (χ3n) is 4.68. The Morgan fingerprint density at radius 3 is 2.30 bits per heavy atom. The molecule has 27 heavy (non-hydrogen) atoms. The number of piperazine rings is 1. The fourth-order valence-corrected chi connectivity index (χ4v) is 3.20. The van der Waals surface area contributed by atoms with E-state index in [4.69, 9.17) is 4.74 Å². The van der Waals surface area contributed by atoms with E-state index < -0.39 is 5.60 Å². The lowest BCUT2D eigenvalue weighted by Crippen LogP contribution is -2.51. The third kappa shape index (κ3) is 6.86. The van der Waals surface area contributed by atoms with E-state index in [1.807, 2.05) is 58.0 Å². The van der Waals surface area contributed by atoms with Crippen molar-refractivity contribution < 1.29 is 14.3 Å². The molecule has 1 fully saturated rings. The van der Waals surface area contributed by atoms with Crippen LogP contribution in [0.3, 0.4) is 0 Å². The molecule has 1 aromatic rings. The maximum atomic E-state index is 12.5. The standard InChI is InChI=1S/C21H33N3O3/c1-5-18(17-9-7-6-8-10-17)19(25)22-11-12-23-13-15-24(16-14-23)20(26)27-21(2,3)4/h6-10,18H,5,11-16H2,1-4H3,(H,22,25). The van der Waals surface area contributed by atoms with Crippen molar-refractivity contribution >= 4 is 12.0 Å². The molecule has 1 N–H and O–H groups in total. The van der Waals surface area contributed by atoms with Crippen LogP contribution in [-0.4, -0.2) is 66.7 Å². The Hall–Kier alpha value is -2.08. The van der Waals surface area contributed by atoms with Gasteiger partial charge in [-0.3, -0.25) is 9.69 Å². The third-order valence-corrected chi connectivity index (χ3v) is 4.68. The van der Waals surface area contributed by atoms with Gasteiger partial charge >= 0.3 is 6.09 Å². The highest BCUT2D eigenvalue weighted by Crippen LogP contribution is 2.19. The first kappa shape index (κ1) is 21.2. The van der Waals surface area contributed by atoms with Crippen molar-refractivity contribution in [3.05, 3.63) is 35.9 Å². The van der Waals surface area contributed by atoms with Crippen LogP contribution in [0, 0.1) is 0 Å². The van der Waals surface area contributed by atoms with Gasteiger partial charge in [0.2, 0.25) is 5.91 Å². The lowest BCUT2D eigenvalue weighted by Gasteiger charge is -2.35. The molecule has 1 aliphatic heterocycles. The maximum Gasteiger partial charge on any atom is 0.410 e. The van der Waals surface area contributed by atoms with Crippen LogP contribution in [0.15, 0.2) is 30.3 Å². The van der Waals surface area contributed by atoms with Crippen LogP contribution in [0.25, 0.3) is 0 Å². The fourth-order valence-electron chi connectivity index (χ4n) is 3.20. The summed E-state index contributed by atoms with van der Waals surface area (Å²) in [7, 11) is 0. The summed E-state index contributed by atoms with van der Waals surface area (Å²) in [5.41, 5.74) is 0.594. The van der Waals surface area contributed by atoms with E-state index in [2.05, 4.69) is 10.2 Å². The first-order chi connectivity index (χ1) is 12.8. The molecule has 1 heterocycles. The molecular formula is C21H33N3O3. The molecular weight excluding hydrogens is 342 g/mol. The zero-order valence-corrected chi connectivity index (χ0v) is 17.0. The number of nitrogens with one attached hydrogen (secondary N) is 1. The first-order valence-electron chi connectivity index (χ1n) is 9.83. The van der Waals surface area contributed by atoms with Crippen molar-refractivity contribution in [3.8, 4) is 0 Å². The van der Waals surface area contributed by atoms with Crippen LogP contribution >= 0.6 is 0 Å². The summed E-state index contributed by atoms with van der Waals surface area (Å²) in [5.74, 6) is -0.0219. The van der Waals surface area contributed by atoms with Crippen LogP contribution in [0.2, 0.25) is 0 Å². The largest absolute Gasteiger partial charge is 0.444 e. The molecule has 1 atom stereocenters. The van der Waals surface area contributed by atoms with Gasteiger partial charge < -0.3 is 15.0 Å². The fraction of sp³-hybridized carbons (Fsp3) is 0.619. The molecule has 1 unspecified atom stereocenters. The highest BCUT2D eigenvalue weighted by atomic mass is 16.6. The van der Waals surface area contributed by atoms with Gasteiger partial charge in [0.05, 0.1) is 5.92 Å². The van der Waals surface area contributed by atoms with Crippen molar-refractivity contribution in [1.29, 1.82) is 0 Å². The quantitative estimate of drug-likeness (QED) is 0.831. The summed E-state index contributed by atoms with van der Waals surface area (Å²) in [6.07, 6.45) is 0.536. The Labute approximate surface area is 162 Å². The molecule has 2 amide bonds. The van der Waals surface area contributed by atoms with Crippen molar-refractivity contribution in [3.63, 3.8) is 0 Å². The topological polar surface area (TPSA) is 61.9 Å². The number of amides is 2. The molecule has 1 aliphatic rings. The summed E-state index contributed by atoms with van der Waals surface area (Å²) in [6.45, 7) is 12.0. The first-order valence-corrected chi connectivity index (χ1v) is 9.83. The summed E-state index contributed by atoms with van der Waals surface area (Å²) >= 11 is 0. The van der Waals surface area contributed by atoms with Crippen LogP contribution in [-0.2, 0) is 9.53 Å². The van der Waals surface area contributed by atoms with E-state index in [9.17, 15) is 9.59 Å². The lowest BCUT2D eigenvalue weighted by molar-refractivity contribution is -0.122. The Bertz CT molecular complexity index is 605. The monoisotopic (exact) mass is 375 g/mol. The molecule has 0 aromatic heterocycles. The minimum atomic E-state index is -0.465. The molecule has 150 valence electrons. The number of carbonyl (C=O) groups is 2. The minimum Gasteiger partial charge on any atom is -0.444 e. The molecule has 0 radical (unpaired) electrons. The highest BCUT2D eigenvalue weighted by molar-refractivity contribution is 5.83. The lowest BCUT2D eigenvalue weighted by atomic mass is 9.96. The van der Waals surface area contributed by atoms with E-state index in [1.165, 1.54) is 0 Å². The molecule has 6 heteroatoms. The Morgan fingerprint density at radius 2 is 1.74 bits per heavy atom. The summed E-state index contributed by atoms with van der Waals surface area (Å²) in [4.78, 5) is 28.6. The van der Waals surface area contributed by atoms with Gasteiger partial charge in [-0.05, 0) is 32.8 Å². The van der Waals surface area contributed by atoms with Gasteiger partial charge in [0, 0.05) is 39.3 Å². The van der Waals surface area contributed by atoms with Gasteiger partial charge in [-0.2, -0.15) is 0 Å². The number of ether oxygens (including phenoxy) is 1. The molecule has 1 saturated heterocycles. The van der Waals surface area contributed by atoms with Gasteiger partial charge in [-0.1, -0.05) is 37.3 Å². The van der Waals surface area contributed by atoms with Crippen LogP contribution in [0.5, 0.6) is 0 Å². The number of nitrogens with zero attached hydrogens (tertiary/aromatic N) is 2. The van der Waals surface area contributed by atoms with E-state index in [1.54, 1.807) is 4.90 Å². The molecule has 0 aliphatic carbocycles. The average molecular weight is 376 g/mol. The molecule has 2 rings (SSSR count). The zero-order chi connectivity index (χ0) is 19.9. The molecule has 0 saturated carbocycles. The normalized spacial score (nSPS) is 16.7. The van der Waals surface area contributed by atoms with Gasteiger partial charge in [0.25, 0.3) is 0 Å². The molecule has 1 aromatic carbocycles. The average Bonchev–Trinajstić information content (AvgIpc) is 2.62. The number of hydrogen-bond donors (Lipinski definition) is 1. The second-order valence-corrected chi connectivity index (χ2v) is 7.97. The molecule has 6 nitrogen and oxygen atoms in total. The maximum absolute atomic E-state index is 12.5. The van der Waals surface area contributed by atoms with Crippen LogP contribution < -0.4 is 5.32 Å². The zero-order valence-electron chi connectivity index (χ0n) is 17.0. The van der Waals surface area contributed by atoms with E-state index >= 15 is 0 Å². The Kier molecular flexibility index (Phi) is 7.66. The van der Waals surface area contributed by atoms with Crippen LogP contribution in [0.1, 0.15) is 45.6 Å². The minimum absolute atomic E-state index is 0.0797. The molecule has 0 spiro atoms. The summed E-state index contributed by atoms with van der Waals surface area (Å²) in [5, 5.41) is 3.06. The smallest absolute Gasteiger partial charge is 0.410 e. The van der Waals surface area contributed by atoms with Gasteiger partial charge in [-0.25, -0.2) is 4.79 Å². The van der Waals surface area contributed by atoms with Gasteiger partial charge in [-0.15, -0.1) is 0 Å². The summed E-state index contributed by atoms with van der Waals surface area (Å²) < 4.78 is 5.42. The van der Waals surface area contributed by atoms with E-state index in [0.717, 1.165) is 31.6 Å². The van der Waals surface area contributed by atoms with E-state index in [0.29, 0.717) is 19.6 Å². The second kappa shape index (κ2) is 9.74. The highest BCUT2D eigenvalue weighted by Gasteiger charge is 2.26. The Morgan fingerprint density at radius 1 is 1.11 bits per heavy atom. The SMILES string of the molecule is CCC(C(=O)NCCN1CCN(C(=O)OC(C)(C)C)CC1)c1ccccc1. The number of rotatable bonds is 6. The van der Waals surface area contributed by atoms with Crippen molar-refractivity contribution in [2.75, 3.05) is 39.3 Å². The van der Waals surface area contributed by atoms with Crippen LogP contribution in [0.4, 0.5) is 4.79 Å². The predicted octanol–water partition coefficient (Wildman–Crippen LogP) is 2.85. The van der Waals surface area contributed by atoms with Gasteiger partial charge in [0.15, 0.2) is 0 Å². The van der Waals surface area contributed by atoms with E-state index in [-0.39, 0.29) is 17.9 Å². The molecule has 0 bridgehead atoms. The Balaban J connectivity index is 1.71. The summed E-state index contributed by atoms with van der Waals surface area (Å²) in [6, 6.07) is 9.91. The van der Waals surface area contributed by atoms with Crippen molar-refractivity contribution in [1.82, 2.24) is 15.1 Å². The van der Waals surface area contributed by atoms with Crippen molar-refractivity contribution in [2.45, 2.75) is 45.6 Å². The number of hydrogen-bond acceptors (Lipinski definition) is 4. The predicted molar refractivity (Wildman–Crippen MR) is 107 cm³/mol. The second-order valence-electron chi connectivity index (χ2n) is 7.97. The number of benzene rings is 1. The van der Waals surface area contributed by atoms with Crippen molar-refractivity contribution in [2.24, 2.45) is 0 Å². The van der Waals surface area contributed by atoms with Gasteiger partial charge in [0.1, 0.15) is 5.60 Å².